The van der Waals surface area contributed by atoms with E-state index in [2.05, 4.69) is 19.2 Å². The van der Waals surface area contributed by atoms with Crippen molar-refractivity contribution < 1.29 is 9.53 Å². The van der Waals surface area contributed by atoms with Crippen molar-refractivity contribution in [3.8, 4) is 0 Å². The van der Waals surface area contributed by atoms with E-state index in [1.54, 1.807) is 11.3 Å². The van der Waals surface area contributed by atoms with Gasteiger partial charge in [-0.05, 0) is 50.6 Å². The first-order valence-corrected chi connectivity index (χ1v) is 8.31. The molecule has 1 atom stereocenters. The summed E-state index contributed by atoms with van der Waals surface area (Å²) in [7, 11) is 0. The maximum atomic E-state index is 12.3. The van der Waals surface area contributed by atoms with Gasteiger partial charge in [0.1, 0.15) is 5.88 Å². The number of halogens is 1. The van der Waals surface area contributed by atoms with Crippen molar-refractivity contribution in [2.24, 2.45) is 0 Å². The highest BCUT2D eigenvalue weighted by Crippen LogP contribution is 2.32. The van der Waals surface area contributed by atoms with Crippen molar-refractivity contribution in [1.82, 2.24) is 4.90 Å². The van der Waals surface area contributed by atoms with Crippen LogP contribution in [0.2, 0.25) is 0 Å². The number of hydrogen-bond donors (Lipinski definition) is 0. The second-order valence-corrected chi connectivity index (χ2v) is 7.20. The zero-order chi connectivity index (χ0) is 14.9. The fourth-order valence-electron chi connectivity index (χ4n) is 2.76. The van der Waals surface area contributed by atoms with Crippen LogP contribution in [0.4, 0.5) is 0 Å². The number of amides is 1. The molecule has 3 nitrogen and oxygen atoms in total. The van der Waals surface area contributed by atoms with Gasteiger partial charge in [0.05, 0.1) is 11.6 Å². The Balaban J connectivity index is 2.25. The van der Waals surface area contributed by atoms with Crippen LogP contribution in [-0.2, 0) is 16.1 Å². The van der Waals surface area contributed by atoms with Crippen molar-refractivity contribution in [2.45, 2.75) is 52.3 Å². The quantitative estimate of drug-likeness (QED) is 0.796. The second kappa shape index (κ2) is 6.04. The number of aryl methyl sites for hydroxylation is 1. The standard InChI is InChI=1S/C15H22ClNO2S/c1-10-11(2)20-9-12(10)8-17(14(18)7-16)13-5-6-19-15(13,3)4/h9,13H,5-8H2,1-4H3. The summed E-state index contributed by atoms with van der Waals surface area (Å²) in [6.45, 7) is 9.64. The lowest BCUT2D eigenvalue weighted by atomic mass is 9.96. The molecule has 1 fully saturated rings. The van der Waals surface area contributed by atoms with Gasteiger partial charge in [-0.1, -0.05) is 0 Å². The van der Waals surface area contributed by atoms with Gasteiger partial charge in [0.25, 0.3) is 0 Å². The number of hydrogen-bond acceptors (Lipinski definition) is 3. The number of ether oxygens (including phenoxy) is 1. The predicted octanol–water partition coefficient (Wildman–Crippen LogP) is 3.50. The molecule has 0 bridgehead atoms. The maximum Gasteiger partial charge on any atom is 0.238 e. The first kappa shape index (κ1) is 15.8. The highest BCUT2D eigenvalue weighted by Gasteiger charge is 2.41. The summed E-state index contributed by atoms with van der Waals surface area (Å²) in [4.78, 5) is 15.5. The smallest absolute Gasteiger partial charge is 0.238 e. The van der Waals surface area contributed by atoms with Gasteiger partial charge in [0.2, 0.25) is 5.91 Å². The molecule has 2 rings (SSSR count). The fourth-order valence-corrected chi connectivity index (χ4v) is 3.79. The molecule has 1 aromatic heterocycles. The molecule has 0 saturated carbocycles. The van der Waals surface area contributed by atoms with E-state index >= 15 is 0 Å². The van der Waals surface area contributed by atoms with E-state index in [4.69, 9.17) is 16.3 Å². The van der Waals surface area contributed by atoms with E-state index in [1.807, 2.05) is 18.7 Å². The molecule has 1 aliphatic heterocycles. The Labute approximate surface area is 129 Å². The molecule has 1 saturated heterocycles. The summed E-state index contributed by atoms with van der Waals surface area (Å²) < 4.78 is 5.77. The highest BCUT2D eigenvalue weighted by molar-refractivity contribution is 7.10. The van der Waals surface area contributed by atoms with Crippen LogP contribution in [0.3, 0.4) is 0 Å². The largest absolute Gasteiger partial charge is 0.373 e. The van der Waals surface area contributed by atoms with E-state index in [-0.39, 0.29) is 23.4 Å². The number of rotatable bonds is 4. The van der Waals surface area contributed by atoms with Crippen molar-refractivity contribution in [1.29, 1.82) is 0 Å². The zero-order valence-electron chi connectivity index (χ0n) is 12.5. The number of carbonyl (C=O) groups excluding carboxylic acids is 1. The van der Waals surface area contributed by atoms with Crippen LogP contribution >= 0.6 is 22.9 Å². The predicted molar refractivity (Wildman–Crippen MR) is 83.5 cm³/mol. The van der Waals surface area contributed by atoms with Crippen molar-refractivity contribution in [3.05, 3.63) is 21.4 Å². The lowest BCUT2D eigenvalue weighted by Crippen LogP contribution is -2.49. The summed E-state index contributed by atoms with van der Waals surface area (Å²) in [6, 6.07) is 0.0911. The molecule has 1 unspecified atom stereocenters. The van der Waals surface area contributed by atoms with Gasteiger partial charge in [-0.2, -0.15) is 0 Å². The number of alkyl halides is 1. The third-order valence-electron chi connectivity index (χ3n) is 4.21. The van der Waals surface area contributed by atoms with Gasteiger partial charge in [-0.3, -0.25) is 4.79 Å². The Hall–Kier alpha value is -0.580. The number of nitrogens with zero attached hydrogens (tertiary/aromatic N) is 1. The van der Waals surface area contributed by atoms with Crippen LogP contribution in [0.1, 0.15) is 36.3 Å². The normalized spacial score (nSPS) is 21.1. The minimum Gasteiger partial charge on any atom is -0.373 e. The van der Waals surface area contributed by atoms with Crippen LogP contribution in [0, 0.1) is 13.8 Å². The van der Waals surface area contributed by atoms with E-state index < -0.39 is 0 Å². The van der Waals surface area contributed by atoms with E-state index in [0.29, 0.717) is 13.2 Å². The molecule has 20 heavy (non-hydrogen) atoms. The number of thiophene rings is 1. The Morgan fingerprint density at radius 1 is 1.55 bits per heavy atom. The molecule has 0 aliphatic carbocycles. The van der Waals surface area contributed by atoms with Crippen LogP contribution in [-0.4, -0.2) is 34.9 Å². The van der Waals surface area contributed by atoms with Gasteiger partial charge in [0.15, 0.2) is 0 Å². The molecule has 1 aromatic rings. The third-order valence-corrected chi connectivity index (χ3v) is 5.50. The third kappa shape index (κ3) is 3.02. The molecule has 0 radical (unpaired) electrons. The molecule has 5 heteroatoms. The molecule has 1 aliphatic rings. The topological polar surface area (TPSA) is 29.5 Å². The SMILES string of the molecule is Cc1scc(CN(C(=O)CCl)C2CCOC2(C)C)c1C. The molecule has 0 spiro atoms. The summed E-state index contributed by atoms with van der Waals surface area (Å²) in [6.07, 6.45) is 0.873. The van der Waals surface area contributed by atoms with E-state index in [1.165, 1.54) is 16.0 Å². The molecule has 2 heterocycles. The fraction of sp³-hybridized carbons (Fsp3) is 0.667. The van der Waals surface area contributed by atoms with Gasteiger partial charge >= 0.3 is 0 Å². The van der Waals surface area contributed by atoms with Crippen molar-refractivity contribution in [2.75, 3.05) is 12.5 Å². The van der Waals surface area contributed by atoms with E-state index in [9.17, 15) is 4.79 Å². The average molecular weight is 316 g/mol. The van der Waals surface area contributed by atoms with Crippen LogP contribution < -0.4 is 0 Å². The van der Waals surface area contributed by atoms with Crippen LogP contribution in [0.15, 0.2) is 5.38 Å². The minimum absolute atomic E-state index is 0.0153. The van der Waals surface area contributed by atoms with E-state index in [0.717, 1.165) is 6.42 Å². The van der Waals surface area contributed by atoms with Crippen LogP contribution in [0.25, 0.3) is 0 Å². The maximum absolute atomic E-state index is 12.3. The zero-order valence-corrected chi connectivity index (χ0v) is 14.1. The molecule has 1 amide bonds. The Kier molecular flexibility index (Phi) is 4.77. The van der Waals surface area contributed by atoms with Gasteiger partial charge < -0.3 is 9.64 Å². The first-order valence-electron chi connectivity index (χ1n) is 6.89. The Morgan fingerprint density at radius 3 is 2.70 bits per heavy atom. The van der Waals surface area contributed by atoms with Gasteiger partial charge in [-0.15, -0.1) is 22.9 Å². The lowest BCUT2D eigenvalue weighted by Gasteiger charge is -2.36. The first-order chi connectivity index (χ1) is 9.36. The Morgan fingerprint density at radius 2 is 2.25 bits per heavy atom. The second-order valence-electron chi connectivity index (χ2n) is 5.85. The minimum atomic E-state index is -0.305. The van der Waals surface area contributed by atoms with Gasteiger partial charge in [0, 0.05) is 18.0 Å². The molecule has 0 N–H and O–H groups in total. The highest BCUT2D eigenvalue weighted by atomic mass is 35.5. The average Bonchev–Trinajstić information content (AvgIpc) is 2.90. The summed E-state index contributed by atoms with van der Waals surface area (Å²) >= 11 is 7.53. The summed E-state index contributed by atoms with van der Waals surface area (Å²) in [5, 5.41) is 2.14. The van der Waals surface area contributed by atoms with Crippen molar-refractivity contribution in [3.63, 3.8) is 0 Å². The summed E-state index contributed by atoms with van der Waals surface area (Å²) in [5.41, 5.74) is 2.19. The molecular formula is C15H22ClNO2S. The van der Waals surface area contributed by atoms with Crippen molar-refractivity contribution >= 4 is 28.8 Å². The number of carbonyl (C=O) groups is 1. The monoisotopic (exact) mass is 315 g/mol. The molecule has 0 aromatic carbocycles. The van der Waals surface area contributed by atoms with Crippen LogP contribution in [0.5, 0.6) is 0 Å². The Bertz CT molecular complexity index is 498. The molecular weight excluding hydrogens is 294 g/mol. The molecule has 112 valence electrons. The lowest BCUT2D eigenvalue weighted by molar-refractivity contribution is -0.135. The van der Waals surface area contributed by atoms with Gasteiger partial charge in [-0.25, -0.2) is 0 Å². The summed E-state index contributed by atoms with van der Waals surface area (Å²) in [5.74, 6) is 0.00728.